The zero-order chi connectivity index (χ0) is 20.4. The third-order valence-corrected chi connectivity index (χ3v) is 4.25. The summed E-state index contributed by atoms with van der Waals surface area (Å²) in [5, 5.41) is 12.8. The van der Waals surface area contributed by atoms with Crippen LogP contribution in [0.15, 0.2) is 46.0 Å². The van der Waals surface area contributed by atoms with Crippen LogP contribution in [0, 0.1) is 0 Å². The molecule has 0 radical (unpaired) electrons. The quantitative estimate of drug-likeness (QED) is 0.527. The summed E-state index contributed by atoms with van der Waals surface area (Å²) in [6, 6.07) is 9.23. The van der Waals surface area contributed by atoms with E-state index in [1.54, 1.807) is 18.2 Å². The first-order chi connectivity index (χ1) is 13.3. The number of nitrogens with zero attached hydrogens (tertiary/aromatic N) is 1. The molecule has 0 atom stereocenters. The van der Waals surface area contributed by atoms with E-state index >= 15 is 0 Å². The number of carbonyl (C=O) groups is 2. The first-order valence-corrected chi connectivity index (χ1v) is 8.53. The summed E-state index contributed by atoms with van der Waals surface area (Å²) in [5.41, 5.74) is 4.59. The number of nitrogen functional groups attached to an aromatic ring is 1. The Morgan fingerprint density at radius 1 is 1.11 bits per heavy atom. The summed E-state index contributed by atoms with van der Waals surface area (Å²) in [7, 11) is 0. The molecule has 0 saturated heterocycles. The van der Waals surface area contributed by atoms with E-state index < -0.39 is 23.1 Å². The molecule has 2 aromatic carbocycles. The third kappa shape index (κ3) is 3.50. The van der Waals surface area contributed by atoms with Crippen molar-refractivity contribution in [2.24, 2.45) is 0 Å². The Labute approximate surface area is 158 Å². The van der Waals surface area contributed by atoms with Gasteiger partial charge in [0.2, 0.25) is 0 Å². The molecule has 0 fully saturated rings. The van der Waals surface area contributed by atoms with E-state index in [2.05, 4.69) is 10.3 Å². The van der Waals surface area contributed by atoms with Crippen molar-refractivity contribution in [2.75, 3.05) is 11.1 Å². The standard InChI is InChI=1S/C19H18N4O5/c1-2-7-23-17(25)14(15(20)22-19(23)28)21-16(24)12-5-3-11-9-13(18(26)27)6-4-10(11)8-12/h3-6,8-9H,2,7,20H2,1H3,(H,21,24)(H,22,28)(H,26,27). The fourth-order valence-corrected chi connectivity index (χ4v) is 2.84. The molecule has 1 heterocycles. The molecular formula is C19H18N4O5. The highest BCUT2D eigenvalue weighted by molar-refractivity contribution is 6.07. The molecule has 0 bridgehead atoms. The Hall–Kier alpha value is -3.88. The van der Waals surface area contributed by atoms with E-state index in [1.165, 1.54) is 18.2 Å². The van der Waals surface area contributed by atoms with Crippen LogP contribution in [0.3, 0.4) is 0 Å². The maximum absolute atomic E-state index is 12.6. The topological polar surface area (TPSA) is 147 Å². The fraction of sp³-hybridized carbons (Fsp3) is 0.158. The van der Waals surface area contributed by atoms with Crippen LogP contribution in [0.4, 0.5) is 11.5 Å². The number of carbonyl (C=O) groups excluding carboxylic acids is 1. The van der Waals surface area contributed by atoms with Crippen molar-refractivity contribution in [3.63, 3.8) is 0 Å². The number of nitrogens with two attached hydrogens (primary N) is 1. The van der Waals surface area contributed by atoms with E-state index in [0.29, 0.717) is 17.2 Å². The largest absolute Gasteiger partial charge is 0.478 e. The molecule has 0 aliphatic rings. The van der Waals surface area contributed by atoms with E-state index in [1.807, 2.05) is 6.92 Å². The minimum absolute atomic E-state index is 0.141. The third-order valence-electron chi connectivity index (χ3n) is 4.25. The van der Waals surface area contributed by atoms with Gasteiger partial charge in [0.1, 0.15) is 11.5 Å². The molecule has 9 heteroatoms. The molecule has 0 aliphatic carbocycles. The van der Waals surface area contributed by atoms with Gasteiger partial charge in [0.05, 0.1) is 5.56 Å². The van der Waals surface area contributed by atoms with Gasteiger partial charge in [-0.1, -0.05) is 19.1 Å². The van der Waals surface area contributed by atoms with Crippen molar-refractivity contribution in [1.29, 1.82) is 0 Å². The van der Waals surface area contributed by atoms with E-state index in [4.69, 9.17) is 10.8 Å². The number of anilines is 2. The molecule has 1 amide bonds. The average Bonchev–Trinajstić information content (AvgIpc) is 2.67. The summed E-state index contributed by atoms with van der Waals surface area (Å²) in [6.45, 7) is 2.00. The second-order valence-electron chi connectivity index (χ2n) is 6.21. The molecule has 0 saturated carbocycles. The van der Waals surface area contributed by atoms with Crippen LogP contribution in [-0.4, -0.2) is 26.5 Å². The van der Waals surface area contributed by atoms with Gasteiger partial charge in [0.15, 0.2) is 0 Å². The summed E-state index contributed by atoms with van der Waals surface area (Å²) in [4.78, 5) is 50.3. The Morgan fingerprint density at radius 2 is 1.71 bits per heavy atom. The number of carboxylic acids is 1. The normalized spacial score (nSPS) is 10.8. The minimum atomic E-state index is -1.04. The Balaban J connectivity index is 1.96. The van der Waals surface area contributed by atoms with E-state index in [0.717, 1.165) is 4.57 Å². The molecule has 1 aromatic heterocycles. The molecule has 5 N–H and O–H groups in total. The molecule has 0 aliphatic heterocycles. The maximum atomic E-state index is 12.6. The number of H-pyrrole nitrogens is 1. The molecule has 28 heavy (non-hydrogen) atoms. The first-order valence-electron chi connectivity index (χ1n) is 8.53. The number of aromatic nitrogens is 2. The number of hydrogen-bond donors (Lipinski definition) is 4. The van der Waals surface area contributed by atoms with Crippen molar-refractivity contribution in [1.82, 2.24) is 9.55 Å². The zero-order valence-electron chi connectivity index (χ0n) is 15.0. The van der Waals surface area contributed by atoms with Crippen molar-refractivity contribution < 1.29 is 14.7 Å². The van der Waals surface area contributed by atoms with Gasteiger partial charge in [0.25, 0.3) is 11.5 Å². The van der Waals surface area contributed by atoms with E-state index in [-0.39, 0.29) is 29.2 Å². The first kappa shape index (κ1) is 18.9. The zero-order valence-corrected chi connectivity index (χ0v) is 15.0. The number of fused-ring (bicyclic) bond motifs is 1. The average molecular weight is 382 g/mol. The summed E-state index contributed by atoms with van der Waals surface area (Å²) in [5.74, 6) is -1.84. The molecule has 9 nitrogen and oxygen atoms in total. The lowest BCUT2D eigenvalue weighted by Crippen LogP contribution is -2.38. The van der Waals surface area contributed by atoms with Crippen molar-refractivity contribution >= 4 is 34.2 Å². The van der Waals surface area contributed by atoms with Crippen LogP contribution in [0.2, 0.25) is 0 Å². The molecule has 0 spiro atoms. The molecular weight excluding hydrogens is 364 g/mol. The van der Waals surface area contributed by atoms with E-state index in [9.17, 15) is 19.2 Å². The van der Waals surface area contributed by atoms with Crippen LogP contribution in [0.5, 0.6) is 0 Å². The van der Waals surface area contributed by atoms with Crippen LogP contribution in [0.1, 0.15) is 34.1 Å². The number of amides is 1. The minimum Gasteiger partial charge on any atom is -0.478 e. The predicted octanol–water partition coefficient (Wildman–Crippen LogP) is 1.63. The summed E-state index contributed by atoms with van der Waals surface area (Å²) in [6.07, 6.45) is 0.559. The predicted molar refractivity (Wildman–Crippen MR) is 105 cm³/mol. The number of hydrogen-bond acceptors (Lipinski definition) is 5. The smallest absolute Gasteiger partial charge is 0.335 e. The number of rotatable bonds is 5. The van der Waals surface area contributed by atoms with Crippen LogP contribution < -0.4 is 22.3 Å². The van der Waals surface area contributed by atoms with Crippen molar-refractivity contribution in [3.8, 4) is 0 Å². The highest BCUT2D eigenvalue weighted by Crippen LogP contribution is 2.19. The Bertz CT molecular complexity index is 1210. The second-order valence-corrected chi connectivity index (χ2v) is 6.21. The monoisotopic (exact) mass is 382 g/mol. The van der Waals surface area contributed by atoms with Crippen LogP contribution >= 0.6 is 0 Å². The number of aromatic amines is 1. The van der Waals surface area contributed by atoms with Gasteiger partial charge in [-0.2, -0.15) is 0 Å². The summed E-state index contributed by atoms with van der Waals surface area (Å²) < 4.78 is 0.972. The number of aromatic carboxylic acids is 1. The molecule has 0 unspecified atom stereocenters. The van der Waals surface area contributed by atoms with Crippen molar-refractivity contribution in [2.45, 2.75) is 19.9 Å². The highest BCUT2D eigenvalue weighted by atomic mass is 16.4. The van der Waals surface area contributed by atoms with Crippen LogP contribution in [0.25, 0.3) is 10.8 Å². The Kier molecular flexibility index (Phi) is 4.99. The second kappa shape index (κ2) is 7.39. The maximum Gasteiger partial charge on any atom is 0.335 e. The highest BCUT2D eigenvalue weighted by Gasteiger charge is 2.16. The van der Waals surface area contributed by atoms with Gasteiger partial charge in [-0.3, -0.25) is 19.1 Å². The number of benzene rings is 2. The molecule has 3 aromatic rings. The lowest BCUT2D eigenvalue weighted by molar-refractivity contribution is 0.0697. The van der Waals surface area contributed by atoms with Crippen LogP contribution in [-0.2, 0) is 6.54 Å². The van der Waals surface area contributed by atoms with Gasteiger partial charge < -0.3 is 16.2 Å². The molecule has 3 rings (SSSR count). The Morgan fingerprint density at radius 3 is 2.32 bits per heavy atom. The lowest BCUT2D eigenvalue weighted by atomic mass is 10.0. The van der Waals surface area contributed by atoms with Gasteiger partial charge in [-0.05, 0) is 41.5 Å². The van der Waals surface area contributed by atoms with Gasteiger partial charge in [0, 0.05) is 12.1 Å². The van der Waals surface area contributed by atoms with Gasteiger partial charge in [-0.25, -0.2) is 9.59 Å². The van der Waals surface area contributed by atoms with Gasteiger partial charge in [-0.15, -0.1) is 0 Å². The van der Waals surface area contributed by atoms with Crippen molar-refractivity contribution in [3.05, 3.63) is 68.4 Å². The number of carboxylic acid groups (broad SMARTS) is 1. The number of nitrogens with one attached hydrogen (secondary N) is 2. The fourth-order valence-electron chi connectivity index (χ4n) is 2.84. The lowest BCUT2D eigenvalue weighted by Gasteiger charge is -2.11. The summed E-state index contributed by atoms with van der Waals surface area (Å²) >= 11 is 0. The SMILES string of the molecule is CCCn1c(=O)[nH]c(N)c(NC(=O)c2ccc3cc(C(=O)O)ccc3c2)c1=O. The van der Waals surface area contributed by atoms with Gasteiger partial charge >= 0.3 is 11.7 Å². The molecule has 144 valence electrons.